The third kappa shape index (κ3) is 5.27. The molecule has 1 aliphatic heterocycles. The molecule has 0 aliphatic carbocycles. The fraction of sp³-hybridized carbons (Fsp3) is 0.421. The molecular weight excluding hydrogens is 351 g/mol. The van der Waals surface area contributed by atoms with E-state index in [1.165, 1.54) is 10.9 Å². The van der Waals surface area contributed by atoms with Crippen LogP contribution in [0.2, 0.25) is 0 Å². The maximum absolute atomic E-state index is 13.7. The van der Waals surface area contributed by atoms with Crippen molar-refractivity contribution in [3.63, 3.8) is 0 Å². The summed E-state index contributed by atoms with van der Waals surface area (Å²) in [4.78, 5) is 7.88. The van der Waals surface area contributed by atoms with Crippen molar-refractivity contribution < 1.29 is 9.13 Å². The molecule has 3 rings (SSSR count). The smallest absolute Gasteiger partial charge is 0.191 e. The van der Waals surface area contributed by atoms with E-state index in [4.69, 9.17) is 4.74 Å². The van der Waals surface area contributed by atoms with Crippen molar-refractivity contribution >= 4 is 17.3 Å². The van der Waals surface area contributed by atoms with Gasteiger partial charge in [-0.25, -0.2) is 4.39 Å². The first-order chi connectivity index (χ1) is 12.8. The molecule has 1 fully saturated rings. The molecule has 1 atom stereocenters. The Hall–Kier alpha value is -1.96. The van der Waals surface area contributed by atoms with Crippen LogP contribution < -0.4 is 10.6 Å². The topological polar surface area (TPSA) is 48.9 Å². The lowest BCUT2D eigenvalue weighted by atomic mass is 10.0. The van der Waals surface area contributed by atoms with Crippen LogP contribution in [0.15, 0.2) is 46.8 Å². The van der Waals surface area contributed by atoms with Crippen molar-refractivity contribution in [3.8, 4) is 0 Å². The second-order valence-corrected chi connectivity index (χ2v) is 7.14. The number of rotatable bonds is 6. The summed E-state index contributed by atoms with van der Waals surface area (Å²) in [6.45, 7) is 4.47. The van der Waals surface area contributed by atoms with E-state index >= 15 is 0 Å². The summed E-state index contributed by atoms with van der Waals surface area (Å²) in [7, 11) is 1.76. The second kappa shape index (κ2) is 9.66. The van der Waals surface area contributed by atoms with Gasteiger partial charge in [0.1, 0.15) is 5.82 Å². The van der Waals surface area contributed by atoms with Crippen LogP contribution in [0, 0.1) is 5.82 Å². The van der Waals surface area contributed by atoms with Crippen molar-refractivity contribution in [3.05, 3.63) is 58.0 Å². The molecule has 2 heterocycles. The summed E-state index contributed by atoms with van der Waals surface area (Å²) in [5, 5.41) is 8.77. The minimum absolute atomic E-state index is 0.0647. The molecule has 0 spiro atoms. The second-order valence-electron chi connectivity index (χ2n) is 6.11. The molecule has 2 N–H and O–H groups in total. The molecule has 140 valence electrons. The SMILES string of the molecule is CN=C(NCc1cccs1)NCC(c1cccc(F)c1)N1CCOCC1. The summed E-state index contributed by atoms with van der Waals surface area (Å²) in [5.74, 6) is 0.536. The lowest BCUT2D eigenvalue weighted by molar-refractivity contribution is 0.0169. The number of hydrogen-bond donors (Lipinski definition) is 2. The molecule has 7 heteroatoms. The quantitative estimate of drug-likeness (QED) is 0.601. The molecule has 1 aromatic heterocycles. The highest BCUT2D eigenvalue weighted by Gasteiger charge is 2.23. The summed E-state index contributed by atoms with van der Waals surface area (Å²) < 4.78 is 19.2. The number of morpholine rings is 1. The van der Waals surface area contributed by atoms with Gasteiger partial charge in [-0.1, -0.05) is 18.2 Å². The third-order valence-electron chi connectivity index (χ3n) is 4.42. The van der Waals surface area contributed by atoms with Crippen molar-refractivity contribution in [2.45, 2.75) is 12.6 Å². The number of halogens is 1. The zero-order chi connectivity index (χ0) is 18.2. The lowest BCUT2D eigenvalue weighted by Crippen LogP contribution is -2.46. The van der Waals surface area contributed by atoms with Gasteiger partial charge in [-0.05, 0) is 29.1 Å². The minimum atomic E-state index is -0.207. The highest BCUT2D eigenvalue weighted by Crippen LogP contribution is 2.22. The van der Waals surface area contributed by atoms with Gasteiger partial charge in [0.25, 0.3) is 0 Å². The fourth-order valence-electron chi connectivity index (χ4n) is 3.06. The summed E-state index contributed by atoms with van der Waals surface area (Å²) >= 11 is 1.71. The molecule has 26 heavy (non-hydrogen) atoms. The van der Waals surface area contributed by atoms with Crippen LogP contribution >= 0.6 is 11.3 Å². The fourth-order valence-corrected chi connectivity index (χ4v) is 3.70. The van der Waals surface area contributed by atoms with Crippen LogP contribution in [0.5, 0.6) is 0 Å². The number of nitrogens with one attached hydrogen (secondary N) is 2. The molecule has 0 saturated carbocycles. The van der Waals surface area contributed by atoms with Crippen LogP contribution in [0.3, 0.4) is 0 Å². The third-order valence-corrected chi connectivity index (χ3v) is 5.29. The molecule has 0 bridgehead atoms. The zero-order valence-electron chi connectivity index (χ0n) is 15.0. The number of nitrogens with zero attached hydrogens (tertiary/aromatic N) is 2. The first-order valence-electron chi connectivity index (χ1n) is 8.80. The van der Waals surface area contributed by atoms with E-state index in [2.05, 4.69) is 32.0 Å². The molecule has 1 saturated heterocycles. The Morgan fingerprint density at radius 3 is 2.81 bits per heavy atom. The molecule has 1 aliphatic rings. The Balaban J connectivity index is 1.64. The molecule has 0 amide bonds. The summed E-state index contributed by atoms with van der Waals surface area (Å²) in [6.07, 6.45) is 0. The number of hydrogen-bond acceptors (Lipinski definition) is 4. The van der Waals surface area contributed by atoms with Crippen LogP contribution in [0.1, 0.15) is 16.5 Å². The number of guanidine groups is 1. The van der Waals surface area contributed by atoms with Gasteiger partial charge in [-0.2, -0.15) is 0 Å². The van der Waals surface area contributed by atoms with E-state index in [1.807, 2.05) is 12.1 Å². The predicted molar refractivity (Wildman–Crippen MR) is 104 cm³/mol. The molecule has 2 aromatic rings. The van der Waals surface area contributed by atoms with E-state index < -0.39 is 0 Å². The predicted octanol–water partition coefficient (Wildman–Crippen LogP) is 2.63. The molecule has 5 nitrogen and oxygen atoms in total. The first kappa shape index (κ1) is 18.8. The van der Waals surface area contributed by atoms with Crippen LogP contribution in [-0.2, 0) is 11.3 Å². The largest absolute Gasteiger partial charge is 0.379 e. The average molecular weight is 377 g/mol. The van der Waals surface area contributed by atoms with Gasteiger partial charge in [0.2, 0.25) is 0 Å². The monoisotopic (exact) mass is 376 g/mol. The number of aliphatic imine (C=N–C) groups is 1. The van der Waals surface area contributed by atoms with Crippen molar-refractivity contribution in [1.82, 2.24) is 15.5 Å². The van der Waals surface area contributed by atoms with Gasteiger partial charge in [-0.3, -0.25) is 9.89 Å². The number of ether oxygens (including phenoxy) is 1. The summed E-state index contributed by atoms with van der Waals surface area (Å²) in [6, 6.07) is 11.0. The number of benzene rings is 1. The summed E-state index contributed by atoms with van der Waals surface area (Å²) in [5.41, 5.74) is 0.966. The highest BCUT2D eigenvalue weighted by atomic mass is 32.1. The van der Waals surface area contributed by atoms with Gasteiger partial charge in [0.15, 0.2) is 5.96 Å². The standard InChI is InChI=1S/C19H25FN4OS/c1-21-19(22-13-17-6-3-11-26-17)23-14-18(24-7-9-25-10-8-24)15-4-2-5-16(20)12-15/h2-6,11-12,18H,7-10,13-14H2,1H3,(H2,21,22,23). The van der Waals surface area contributed by atoms with Crippen molar-refractivity contribution in [2.24, 2.45) is 4.99 Å². The Morgan fingerprint density at radius 2 is 2.12 bits per heavy atom. The highest BCUT2D eigenvalue weighted by molar-refractivity contribution is 7.09. The Kier molecular flexibility index (Phi) is 6.99. The van der Waals surface area contributed by atoms with Gasteiger partial charge in [-0.15, -0.1) is 11.3 Å². The molecule has 1 aromatic carbocycles. The number of thiophene rings is 1. The van der Waals surface area contributed by atoms with E-state index in [1.54, 1.807) is 30.5 Å². The molecule has 0 radical (unpaired) electrons. The van der Waals surface area contributed by atoms with Gasteiger partial charge in [0, 0.05) is 31.6 Å². The van der Waals surface area contributed by atoms with Crippen molar-refractivity contribution in [2.75, 3.05) is 39.9 Å². The Labute approximate surface area is 157 Å². The molecule has 1 unspecified atom stereocenters. The van der Waals surface area contributed by atoms with E-state index in [-0.39, 0.29) is 11.9 Å². The lowest BCUT2D eigenvalue weighted by Gasteiger charge is -2.35. The van der Waals surface area contributed by atoms with E-state index in [0.29, 0.717) is 19.8 Å². The normalized spacial score (nSPS) is 17.1. The average Bonchev–Trinajstić information content (AvgIpc) is 3.19. The van der Waals surface area contributed by atoms with Gasteiger partial charge in [0.05, 0.1) is 25.8 Å². The maximum atomic E-state index is 13.7. The zero-order valence-corrected chi connectivity index (χ0v) is 15.8. The minimum Gasteiger partial charge on any atom is -0.379 e. The first-order valence-corrected chi connectivity index (χ1v) is 9.68. The van der Waals surface area contributed by atoms with Crippen LogP contribution in [-0.4, -0.2) is 50.8 Å². The Bertz CT molecular complexity index is 701. The van der Waals surface area contributed by atoms with E-state index in [0.717, 1.165) is 31.2 Å². The van der Waals surface area contributed by atoms with E-state index in [9.17, 15) is 4.39 Å². The maximum Gasteiger partial charge on any atom is 0.191 e. The van der Waals surface area contributed by atoms with Gasteiger partial charge >= 0.3 is 0 Å². The Morgan fingerprint density at radius 1 is 1.27 bits per heavy atom. The van der Waals surface area contributed by atoms with Gasteiger partial charge < -0.3 is 15.4 Å². The van der Waals surface area contributed by atoms with Crippen LogP contribution in [0.4, 0.5) is 4.39 Å². The molecular formula is C19H25FN4OS. The van der Waals surface area contributed by atoms with Crippen molar-refractivity contribution in [1.29, 1.82) is 0 Å². The van der Waals surface area contributed by atoms with Crippen LogP contribution in [0.25, 0.3) is 0 Å².